The first kappa shape index (κ1) is 21.7. The Kier molecular flexibility index (Phi) is 8.11. The van der Waals surface area contributed by atoms with Crippen molar-refractivity contribution >= 4 is 24.2 Å². The molecule has 0 aliphatic carbocycles. The van der Waals surface area contributed by atoms with Crippen LogP contribution in [0.25, 0.3) is 0 Å². The lowest BCUT2D eigenvalue weighted by atomic mass is 9.83. The summed E-state index contributed by atoms with van der Waals surface area (Å²) in [5, 5.41) is 3.22. The van der Waals surface area contributed by atoms with E-state index >= 15 is 0 Å². The van der Waals surface area contributed by atoms with Crippen LogP contribution >= 0.6 is 12.4 Å². The SMILES string of the molecule is CNCCC1CCN(C(=O)C2CCC(=O)N(C)C2c2ccccc2)CC1.Cl. The molecule has 2 aliphatic rings. The Morgan fingerprint density at radius 3 is 2.44 bits per heavy atom. The zero-order valence-corrected chi connectivity index (χ0v) is 17.2. The summed E-state index contributed by atoms with van der Waals surface area (Å²) in [6.07, 6.45) is 4.48. The molecule has 27 heavy (non-hydrogen) atoms. The van der Waals surface area contributed by atoms with Crippen molar-refractivity contribution in [1.29, 1.82) is 0 Å². The maximum atomic E-state index is 13.3. The average Bonchev–Trinajstić information content (AvgIpc) is 2.69. The minimum atomic E-state index is -0.146. The van der Waals surface area contributed by atoms with Gasteiger partial charge in [0, 0.05) is 26.6 Å². The summed E-state index contributed by atoms with van der Waals surface area (Å²) in [6.45, 7) is 2.75. The number of halogens is 1. The number of benzene rings is 1. The molecule has 2 atom stereocenters. The molecule has 0 bridgehead atoms. The van der Waals surface area contributed by atoms with Crippen LogP contribution in [-0.4, -0.2) is 55.3 Å². The first-order chi connectivity index (χ1) is 12.6. The van der Waals surface area contributed by atoms with Gasteiger partial charge in [-0.15, -0.1) is 12.4 Å². The Balaban J connectivity index is 0.00000261. The van der Waals surface area contributed by atoms with Crippen molar-refractivity contribution in [2.75, 3.05) is 33.7 Å². The summed E-state index contributed by atoms with van der Waals surface area (Å²) in [5.41, 5.74) is 1.06. The van der Waals surface area contributed by atoms with Crippen molar-refractivity contribution < 1.29 is 9.59 Å². The summed E-state index contributed by atoms with van der Waals surface area (Å²) >= 11 is 0. The molecule has 2 unspecified atom stereocenters. The van der Waals surface area contributed by atoms with E-state index in [2.05, 4.69) is 5.32 Å². The van der Waals surface area contributed by atoms with Gasteiger partial charge >= 0.3 is 0 Å². The molecule has 1 N–H and O–H groups in total. The van der Waals surface area contributed by atoms with E-state index in [9.17, 15) is 9.59 Å². The van der Waals surface area contributed by atoms with E-state index in [0.717, 1.165) is 38.0 Å². The summed E-state index contributed by atoms with van der Waals surface area (Å²) in [6, 6.07) is 9.86. The van der Waals surface area contributed by atoms with Gasteiger partial charge in [-0.3, -0.25) is 9.59 Å². The van der Waals surface area contributed by atoms with Crippen molar-refractivity contribution in [3.63, 3.8) is 0 Å². The molecule has 0 aromatic heterocycles. The third-order valence-electron chi connectivity index (χ3n) is 6.05. The Labute approximate surface area is 168 Å². The minimum Gasteiger partial charge on any atom is -0.342 e. The second-order valence-electron chi connectivity index (χ2n) is 7.67. The van der Waals surface area contributed by atoms with Crippen molar-refractivity contribution in [2.24, 2.45) is 11.8 Å². The van der Waals surface area contributed by atoms with E-state index in [-0.39, 0.29) is 36.2 Å². The van der Waals surface area contributed by atoms with Crippen LogP contribution < -0.4 is 5.32 Å². The van der Waals surface area contributed by atoms with Crippen LogP contribution in [0.15, 0.2) is 30.3 Å². The first-order valence-electron chi connectivity index (χ1n) is 9.85. The molecule has 3 rings (SSSR count). The highest BCUT2D eigenvalue weighted by Gasteiger charge is 2.41. The number of hydrogen-bond acceptors (Lipinski definition) is 3. The molecule has 0 spiro atoms. The number of carbonyl (C=O) groups is 2. The Bertz CT molecular complexity index is 617. The number of rotatable bonds is 5. The van der Waals surface area contributed by atoms with E-state index in [1.807, 2.05) is 49.3 Å². The van der Waals surface area contributed by atoms with Crippen molar-refractivity contribution in [3.8, 4) is 0 Å². The van der Waals surface area contributed by atoms with Crippen LogP contribution in [0.5, 0.6) is 0 Å². The minimum absolute atomic E-state index is 0. The second-order valence-corrected chi connectivity index (χ2v) is 7.67. The Hall–Kier alpha value is -1.59. The maximum Gasteiger partial charge on any atom is 0.228 e. The second kappa shape index (κ2) is 10.1. The number of nitrogens with zero attached hydrogens (tertiary/aromatic N) is 2. The Morgan fingerprint density at radius 2 is 1.81 bits per heavy atom. The largest absolute Gasteiger partial charge is 0.342 e. The van der Waals surface area contributed by atoms with E-state index in [1.165, 1.54) is 6.42 Å². The van der Waals surface area contributed by atoms with Gasteiger partial charge in [0.05, 0.1) is 12.0 Å². The molecule has 2 heterocycles. The van der Waals surface area contributed by atoms with Gasteiger partial charge in [0.2, 0.25) is 11.8 Å². The van der Waals surface area contributed by atoms with Crippen molar-refractivity contribution in [1.82, 2.24) is 15.1 Å². The molecular weight excluding hydrogens is 362 g/mol. The molecule has 2 amide bonds. The predicted molar refractivity (Wildman–Crippen MR) is 110 cm³/mol. The van der Waals surface area contributed by atoms with Crippen molar-refractivity contribution in [3.05, 3.63) is 35.9 Å². The average molecular weight is 394 g/mol. The van der Waals surface area contributed by atoms with Crippen LogP contribution in [0.2, 0.25) is 0 Å². The third kappa shape index (κ3) is 5.02. The highest BCUT2D eigenvalue weighted by Crippen LogP contribution is 2.37. The molecule has 1 aromatic carbocycles. The molecule has 150 valence electrons. The molecule has 0 radical (unpaired) electrons. The van der Waals surface area contributed by atoms with Gasteiger partial charge in [0.25, 0.3) is 0 Å². The topological polar surface area (TPSA) is 52.7 Å². The third-order valence-corrected chi connectivity index (χ3v) is 6.05. The number of piperidine rings is 2. The van der Waals surface area contributed by atoms with E-state index in [0.29, 0.717) is 18.8 Å². The van der Waals surface area contributed by atoms with Gasteiger partial charge in [-0.05, 0) is 50.8 Å². The normalized spacial score (nSPS) is 23.9. The number of hydrogen-bond donors (Lipinski definition) is 1. The molecule has 1 aromatic rings. The molecule has 0 saturated carbocycles. The van der Waals surface area contributed by atoms with Crippen LogP contribution in [-0.2, 0) is 9.59 Å². The number of likely N-dealkylation sites (tertiary alicyclic amines) is 2. The molecule has 6 heteroatoms. The quantitative estimate of drug-likeness (QED) is 0.836. The molecule has 2 aliphatic heterocycles. The first-order valence-corrected chi connectivity index (χ1v) is 9.85. The fraction of sp³-hybridized carbons (Fsp3) is 0.619. The maximum absolute atomic E-state index is 13.3. The van der Waals surface area contributed by atoms with Gasteiger partial charge in [-0.1, -0.05) is 30.3 Å². The number of amides is 2. The highest BCUT2D eigenvalue weighted by atomic mass is 35.5. The summed E-state index contributed by atoms with van der Waals surface area (Å²) in [7, 11) is 3.83. The van der Waals surface area contributed by atoms with E-state index in [1.54, 1.807) is 4.90 Å². The molecular formula is C21H32ClN3O2. The van der Waals surface area contributed by atoms with Gasteiger partial charge in [0.15, 0.2) is 0 Å². The lowest BCUT2D eigenvalue weighted by molar-refractivity contribution is -0.147. The zero-order chi connectivity index (χ0) is 18.5. The van der Waals surface area contributed by atoms with Gasteiger partial charge in [-0.25, -0.2) is 0 Å². The van der Waals surface area contributed by atoms with Crippen LogP contribution in [0.1, 0.15) is 43.7 Å². The van der Waals surface area contributed by atoms with Crippen LogP contribution in [0.4, 0.5) is 0 Å². The summed E-state index contributed by atoms with van der Waals surface area (Å²) in [5.74, 6) is 0.944. The number of carbonyl (C=O) groups excluding carboxylic acids is 2. The molecule has 2 saturated heterocycles. The smallest absolute Gasteiger partial charge is 0.228 e. The summed E-state index contributed by atoms with van der Waals surface area (Å²) < 4.78 is 0. The van der Waals surface area contributed by atoms with Gasteiger partial charge in [-0.2, -0.15) is 0 Å². The van der Waals surface area contributed by atoms with Gasteiger partial charge in [0.1, 0.15) is 0 Å². The zero-order valence-electron chi connectivity index (χ0n) is 16.4. The van der Waals surface area contributed by atoms with Crippen LogP contribution in [0.3, 0.4) is 0 Å². The fourth-order valence-corrected chi connectivity index (χ4v) is 4.43. The summed E-state index contributed by atoms with van der Waals surface area (Å²) in [4.78, 5) is 29.4. The Morgan fingerprint density at radius 1 is 1.15 bits per heavy atom. The lowest BCUT2D eigenvalue weighted by Crippen LogP contribution is -2.49. The monoisotopic (exact) mass is 393 g/mol. The molecule has 5 nitrogen and oxygen atoms in total. The predicted octanol–water partition coefficient (Wildman–Crippen LogP) is 2.87. The van der Waals surface area contributed by atoms with E-state index in [4.69, 9.17) is 0 Å². The number of nitrogens with one attached hydrogen (secondary N) is 1. The molecule has 2 fully saturated rings. The highest BCUT2D eigenvalue weighted by molar-refractivity contribution is 5.85. The van der Waals surface area contributed by atoms with Crippen LogP contribution in [0, 0.1) is 11.8 Å². The van der Waals surface area contributed by atoms with Crippen molar-refractivity contribution in [2.45, 2.75) is 38.1 Å². The fourth-order valence-electron chi connectivity index (χ4n) is 4.43. The van der Waals surface area contributed by atoms with Gasteiger partial charge < -0.3 is 15.1 Å². The lowest BCUT2D eigenvalue weighted by Gasteiger charge is -2.42. The van der Waals surface area contributed by atoms with E-state index < -0.39 is 0 Å². The standard InChI is InChI=1S/C21H31N3O2.ClH/c1-22-13-10-16-11-14-24(15-12-16)21(26)18-8-9-19(25)23(2)20(18)17-6-4-3-5-7-17;/h3-7,16,18,20,22H,8-15H2,1-2H3;1H.